The third-order valence-corrected chi connectivity index (χ3v) is 5.52. The van der Waals surface area contributed by atoms with E-state index >= 15 is 0 Å². The molecule has 4 rings (SSSR count). The Kier molecular flexibility index (Phi) is 5.92. The summed E-state index contributed by atoms with van der Waals surface area (Å²) >= 11 is 0. The van der Waals surface area contributed by atoms with Gasteiger partial charge in [-0.25, -0.2) is 18.7 Å². The second-order valence-electron chi connectivity index (χ2n) is 7.72. The summed E-state index contributed by atoms with van der Waals surface area (Å²) in [5.74, 6) is -1.30. The molecule has 0 aliphatic heterocycles. The van der Waals surface area contributed by atoms with Crippen LogP contribution in [0.2, 0.25) is 0 Å². The monoisotopic (exact) mass is 414 g/mol. The molecule has 0 atom stereocenters. The minimum absolute atomic E-state index is 0.0683. The number of aryl methyl sites for hydroxylation is 1. The van der Waals surface area contributed by atoms with Gasteiger partial charge in [0.1, 0.15) is 5.69 Å². The van der Waals surface area contributed by atoms with E-state index in [1.807, 2.05) is 0 Å². The number of aromatic nitrogens is 3. The predicted octanol–water partition coefficient (Wildman–Crippen LogP) is 4.21. The van der Waals surface area contributed by atoms with E-state index in [1.54, 1.807) is 23.7 Å². The largest absolute Gasteiger partial charge is 0.475 e. The number of nitrogens with zero attached hydrogens (tertiary/aromatic N) is 3. The van der Waals surface area contributed by atoms with E-state index in [0.29, 0.717) is 41.0 Å². The molecule has 1 fully saturated rings. The van der Waals surface area contributed by atoms with Crippen LogP contribution in [-0.4, -0.2) is 26.9 Å². The van der Waals surface area contributed by atoms with Crippen LogP contribution in [0.5, 0.6) is 5.88 Å². The number of amides is 1. The lowest BCUT2D eigenvalue weighted by Crippen LogP contribution is -2.25. The lowest BCUT2D eigenvalue weighted by Gasteiger charge is -2.21. The van der Waals surface area contributed by atoms with E-state index in [-0.39, 0.29) is 12.5 Å². The van der Waals surface area contributed by atoms with Crippen molar-refractivity contribution in [3.05, 3.63) is 59.2 Å². The smallest absolute Gasteiger partial charge is 0.270 e. The highest BCUT2D eigenvalue weighted by Crippen LogP contribution is 2.26. The minimum Gasteiger partial charge on any atom is -0.475 e. The molecule has 2 aromatic heterocycles. The van der Waals surface area contributed by atoms with Crippen LogP contribution in [0.15, 0.2) is 30.6 Å². The lowest BCUT2D eigenvalue weighted by molar-refractivity contribution is 0.0944. The first-order chi connectivity index (χ1) is 14.5. The van der Waals surface area contributed by atoms with Gasteiger partial charge in [0, 0.05) is 18.9 Å². The topological polar surface area (TPSA) is 68.5 Å². The molecule has 2 heterocycles. The van der Waals surface area contributed by atoms with Gasteiger partial charge in [-0.3, -0.25) is 9.20 Å². The van der Waals surface area contributed by atoms with E-state index in [4.69, 9.17) is 4.74 Å². The van der Waals surface area contributed by atoms with E-state index in [9.17, 15) is 13.6 Å². The van der Waals surface area contributed by atoms with Gasteiger partial charge in [-0.1, -0.05) is 25.3 Å². The summed E-state index contributed by atoms with van der Waals surface area (Å²) in [6.45, 7) is 2.40. The first kappa shape index (κ1) is 20.3. The maximum absolute atomic E-state index is 13.4. The molecule has 30 heavy (non-hydrogen) atoms. The molecule has 1 N–H and O–H groups in total. The molecule has 1 amide bonds. The Balaban J connectivity index is 1.50. The Morgan fingerprint density at radius 3 is 2.80 bits per heavy atom. The first-order valence-electron chi connectivity index (χ1n) is 10.2. The van der Waals surface area contributed by atoms with Gasteiger partial charge in [0.25, 0.3) is 11.8 Å². The van der Waals surface area contributed by atoms with Crippen molar-refractivity contribution >= 4 is 11.6 Å². The molecule has 8 heteroatoms. The SMILES string of the molecule is Cc1nc2c(OCC3CCCCC3)nccn2c1C(=O)NCc1ccc(F)c(F)c1. The fourth-order valence-corrected chi connectivity index (χ4v) is 3.91. The summed E-state index contributed by atoms with van der Waals surface area (Å²) in [5, 5.41) is 2.73. The van der Waals surface area contributed by atoms with Crippen LogP contribution >= 0.6 is 0 Å². The van der Waals surface area contributed by atoms with Gasteiger partial charge in [-0.2, -0.15) is 0 Å². The molecule has 0 radical (unpaired) electrons. The standard InChI is InChI=1S/C22H24F2N4O2/c1-14-19(21(29)26-12-16-7-8-17(23)18(24)11-16)28-10-9-25-22(20(28)27-14)30-13-15-5-3-2-4-6-15/h7-11,15H,2-6,12-13H2,1H3,(H,26,29). The highest BCUT2D eigenvalue weighted by Gasteiger charge is 2.21. The average Bonchev–Trinajstić information content (AvgIpc) is 3.10. The van der Waals surface area contributed by atoms with E-state index in [1.165, 1.54) is 25.3 Å². The van der Waals surface area contributed by atoms with Gasteiger partial charge < -0.3 is 10.1 Å². The van der Waals surface area contributed by atoms with E-state index in [0.717, 1.165) is 25.0 Å². The molecule has 0 bridgehead atoms. The number of carbonyl (C=O) groups is 1. The van der Waals surface area contributed by atoms with Gasteiger partial charge >= 0.3 is 0 Å². The summed E-state index contributed by atoms with van der Waals surface area (Å²) in [5.41, 5.74) is 1.85. The van der Waals surface area contributed by atoms with Crippen molar-refractivity contribution in [2.24, 2.45) is 5.92 Å². The maximum atomic E-state index is 13.4. The highest BCUT2D eigenvalue weighted by molar-refractivity contribution is 5.94. The molecule has 1 aliphatic carbocycles. The lowest BCUT2D eigenvalue weighted by atomic mass is 9.90. The number of nitrogens with one attached hydrogen (secondary N) is 1. The van der Waals surface area contributed by atoms with Crippen LogP contribution in [0.4, 0.5) is 8.78 Å². The Morgan fingerprint density at radius 1 is 1.23 bits per heavy atom. The summed E-state index contributed by atoms with van der Waals surface area (Å²) in [7, 11) is 0. The molecule has 158 valence electrons. The molecule has 1 aromatic carbocycles. The number of carbonyl (C=O) groups excluding carboxylic acids is 1. The molecular formula is C22H24F2N4O2. The number of benzene rings is 1. The third-order valence-electron chi connectivity index (χ3n) is 5.52. The predicted molar refractivity (Wildman–Crippen MR) is 107 cm³/mol. The van der Waals surface area contributed by atoms with Gasteiger partial charge in [-0.15, -0.1) is 0 Å². The van der Waals surface area contributed by atoms with Crippen molar-refractivity contribution in [1.82, 2.24) is 19.7 Å². The molecule has 0 saturated heterocycles. The Labute approximate surface area is 173 Å². The normalized spacial score (nSPS) is 14.8. The number of ether oxygens (including phenoxy) is 1. The quantitative estimate of drug-likeness (QED) is 0.656. The molecule has 0 unspecified atom stereocenters. The van der Waals surface area contributed by atoms with E-state index in [2.05, 4.69) is 15.3 Å². The number of hydrogen-bond donors (Lipinski definition) is 1. The van der Waals surface area contributed by atoms with Crippen molar-refractivity contribution in [2.75, 3.05) is 6.61 Å². The van der Waals surface area contributed by atoms with Crippen molar-refractivity contribution in [1.29, 1.82) is 0 Å². The zero-order chi connectivity index (χ0) is 21.1. The van der Waals surface area contributed by atoms with Crippen LogP contribution in [0.3, 0.4) is 0 Å². The highest BCUT2D eigenvalue weighted by atomic mass is 19.2. The first-order valence-corrected chi connectivity index (χ1v) is 10.2. The third kappa shape index (κ3) is 4.27. The minimum atomic E-state index is -0.946. The molecule has 1 saturated carbocycles. The fraction of sp³-hybridized carbons (Fsp3) is 0.409. The summed E-state index contributed by atoms with van der Waals surface area (Å²) < 4.78 is 34.1. The molecule has 6 nitrogen and oxygen atoms in total. The number of halogens is 2. The van der Waals surface area contributed by atoms with Crippen molar-refractivity contribution in [3.63, 3.8) is 0 Å². The van der Waals surface area contributed by atoms with Crippen LogP contribution in [0.25, 0.3) is 5.65 Å². The van der Waals surface area contributed by atoms with Crippen molar-refractivity contribution < 1.29 is 18.3 Å². The number of imidazole rings is 1. The zero-order valence-electron chi connectivity index (χ0n) is 16.8. The van der Waals surface area contributed by atoms with Gasteiger partial charge in [0.05, 0.1) is 12.3 Å². The Bertz CT molecular complexity index is 1060. The Hall–Kier alpha value is -3.03. The second-order valence-corrected chi connectivity index (χ2v) is 7.72. The average molecular weight is 414 g/mol. The number of hydrogen-bond acceptors (Lipinski definition) is 4. The van der Waals surface area contributed by atoms with Gasteiger partial charge in [0.2, 0.25) is 5.65 Å². The van der Waals surface area contributed by atoms with Crippen molar-refractivity contribution in [2.45, 2.75) is 45.6 Å². The maximum Gasteiger partial charge on any atom is 0.270 e. The van der Waals surface area contributed by atoms with Gasteiger partial charge in [-0.05, 0) is 43.4 Å². The van der Waals surface area contributed by atoms with Crippen LogP contribution in [-0.2, 0) is 6.54 Å². The molecule has 3 aromatic rings. The van der Waals surface area contributed by atoms with Gasteiger partial charge in [0.15, 0.2) is 11.6 Å². The molecular weight excluding hydrogens is 390 g/mol. The number of rotatable bonds is 6. The Morgan fingerprint density at radius 2 is 2.03 bits per heavy atom. The summed E-state index contributed by atoms with van der Waals surface area (Å²) in [6.07, 6.45) is 9.31. The van der Waals surface area contributed by atoms with Crippen molar-refractivity contribution in [3.8, 4) is 5.88 Å². The zero-order valence-corrected chi connectivity index (χ0v) is 16.8. The van der Waals surface area contributed by atoms with Crippen LogP contribution in [0, 0.1) is 24.5 Å². The second kappa shape index (κ2) is 8.77. The van der Waals surface area contributed by atoms with E-state index < -0.39 is 11.6 Å². The van der Waals surface area contributed by atoms with Crippen LogP contribution in [0.1, 0.15) is 53.8 Å². The fourth-order valence-electron chi connectivity index (χ4n) is 3.91. The molecule has 1 aliphatic rings. The molecule has 0 spiro atoms. The summed E-state index contributed by atoms with van der Waals surface area (Å²) in [6, 6.07) is 3.54. The number of fused-ring (bicyclic) bond motifs is 1. The summed E-state index contributed by atoms with van der Waals surface area (Å²) in [4.78, 5) is 21.6. The van der Waals surface area contributed by atoms with Crippen LogP contribution < -0.4 is 10.1 Å².